The van der Waals surface area contributed by atoms with Crippen LogP contribution in [-0.4, -0.2) is 12.5 Å². The van der Waals surface area contributed by atoms with E-state index in [1.807, 2.05) is 23.6 Å². The Kier molecular flexibility index (Phi) is 5.18. The molecule has 0 aliphatic carbocycles. The van der Waals surface area contributed by atoms with Crippen molar-refractivity contribution in [3.8, 4) is 0 Å². The third kappa shape index (κ3) is 3.61. The highest BCUT2D eigenvalue weighted by Crippen LogP contribution is 2.26. The molecule has 0 unspecified atom stereocenters. The topological polar surface area (TPSA) is 55.1 Å². The summed E-state index contributed by atoms with van der Waals surface area (Å²) < 4.78 is 0. The number of benzene rings is 1. The molecule has 0 saturated heterocycles. The Morgan fingerprint density at radius 3 is 2.70 bits per heavy atom. The number of rotatable bonds is 6. The molecule has 3 nitrogen and oxygen atoms in total. The Bertz CT molecular complexity index is 563. The van der Waals surface area contributed by atoms with Crippen LogP contribution in [0.25, 0.3) is 0 Å². The van der Waals surface area contributed by atoms with Gasteiger partial charge in [-0.15, -0.1) is 11.3 Å². The van der Waals surface area contributed by atoms with E-state index in [9.17, 15) is 4.79 Å². The Hall–Kier alpha value is -1.81. The zero-order valence-corrected chi connectivity index (χ0v) is 12.5. The second-order valence-corrected chi connectivity index (χ2v) is 5.65. The Morgan fingerprint density at radius 1 is 1.25 bits per heavy atom. The second-order valence-electron chi connectivity index (χ2n) is 4.74. The maximum Gasteiger partial charge on any atom is 0.254 e. The molecule has 1 aromatic heterocycles. The van der Waals surface area contributed by atoms with Gasteiger partial charge in [0.25, 0.3) is 5.91 Å². The van der Waals surface area contributed by atoms with Crippen LogP contribution in [0.4, 0.5) is 5.00 Å². The Balaban J connectivity index is 1.93. The van der Waals surface area contributed by atoms with Gasteiger partial charge in [-0.2, -0.15) is 0 Å². The lowest BCUT2D eigenvalue weighted by Crippen LogP contribution is -2.26. The first-order valence-electron chi connectivity index (χ1n) is 6.90. The molecule has 0 spiro atoms. The van der Waals surface area contributed by atoms with Gasteiger partial charge in [-0.3, -0.25) is 4.79 Å². The van der Waals surface area contributed by atoms with Crippen LogP contribution in [0.5, 0.6) is 0 Å². The van der Waals surface area contributed by atoms with Gasteiger partial charge in [0.2, 0.25) is 0 Å². The highest BCUT2D eigenvalue weighted by atomic mass is 32.1. The quantitative estimate of drug-likeness (QED) is 0.857. The summed E-state index contributed by atoms with van der Waals surface area (Å²) in [5.74, 6) is -0.0527. The fourth-order valence-corrected chi connectivity index (χ4v) is 3.02. The molecule has 2 rings (SSSR count). The first-order chi connectivity index (χ1) is 9.72. The maximum atomic E-state index is 12.2. The van der Waals surface area contributed by atoms with Gasteiger partial charge in [0.05, 0.1) is 10.6 Å². The molecular formula is C16H20N2OS. The number of hydrogen-bond acceptors (Lipinski definition) is 3. The van der Waals surface area contributed by atoms with Crippen molar-refractivity contribution in [2.45, 2.75) is 26.2 Å². The van der Waals surface area contributed by atoms with E-state index in [1.165, 1.54) is 16.9 Å². The first-order valence-corrected chi connectivity index (χ1v) is 7.78. The SMILES string of the molecule is CCCc1csc(N)c1C(=O)NCCc1ccccc1. The van der Waals surface area contributed by atoms with Gasteiger partial charge < -0.3 is 11.1 Å². The minimum absolute atomic E-state index is 0.0527. The Morgan fingerprint density at radius 2 is 2.00 bits per heavy atom. The molecule has 106 valence electrons. The molecule has 0 radical (unpaired) electrons. The number of nitrogens with one attached hydrogen (secondary N) is 1. The summed E-state index contributed by atoms with van der Waals surface area (Å²) in [7, 11) is 0. The molecule has 4 heteroatoms. The molecule has 3 N–H and O–H groups in total. The average Bonchev–Trinajstić information content (AvgIpc) is 2.81. The summed E-state index contributed by atoms with van der Waals surface area (Å²) in [6, 6.07) is 10.1. The minimum atomic E-state index is -0.0527. The zero-order valence-electron chi connectivity index (χ0n) is 11.7. The van der Waals surface area contributed by atoms with E-state index in [-0.39, 0.29) is 5.91 Å². The van der Waals surface area contributed by atoms with Crippen molar-refractivity contribution in [1.82, 2.24) is 5.32 Å². The van der Waals surface area contributed by atoms with Crippen molar-refractivity contribution in [3.05, 3.63) is 52.4 Å². The van der Waals surface area contributed by atoms with E-state index in [0.29, 0.717) is 17.1 Å². The van der Waals surface area contributed by atoms with Crippen LogP contribution in [0.3, 0.4) is 0 Å². The number of nitrogens with two attached hydrogens (primary N) is 1. The third-order valence-electron chi connectivity index (χ3n) is 3.18. The number of carbonyl (C=O) groups is 1. The molecule has 1 amide bonds. The molecule has 0 fully saturated rings. The highest BCUT2D eigenvalue weighted by Gasteiger charge is 2.16. The van der Waals surface area contributed by atoms with Crippen LogP contribution in [0.2, 0.25) is 0 Å². The van der Waals surface area contributed by atoms with E-state index < -0.39 is 0 Å². The average molecular weight is 288 g/mol. The molecule has 0 bridgehead atoms. The van der Waals surface area contributed by atoms with Crippen LogP contribution in [0.1, 0.15) is 34.8 Å². The number of amides is 1. The van der Waals surface area contributed by atoms with E-state index in [4.69, 9.17) is 5.73 Å². The lowest BCUT2D eigenvalue weighted by Gasteiger charge is -2.07. The van der Waals surface area contributed by atoms with Gasteiger partial charge in [0.15, 0.2) is 0 Å². The molecule has 20 heavy (non-hydrogen) atoms. The third-order valence-corrected chi connectivity index (χ3v) is 4.04. The van der Waals surface area contributed by atoms with Gasteiger partial charge in [-0.1, -0.05) is 43.7 Å². The fraction of sp³-hybridized carbons (Fsp3) is 0.312. The molecular weight excluding hydrogens is 268 g/mol. The van der Waals surface area contributed by atoms with Crippen molar-refractivity contribution in [1.29, 1.82) is 0 Å². The highest BCUT2D eigenvalue weighted by molar-refractivity contribution is 7.14. The second kappa shape index (κ2) is 7.10. The lowest BCUT2D eigenvalue weighted by atomic mass is 10.1. The van der Waals surface area contributed by atoms with Gasteiger partial charge in [-0.25, -0.2) is 0 Å². The largest absolute Gasteiger partial charge is 0.390 e. The van der Waals surface area contributed by atoms with E-state index in [2.05, 4.69) is 24.4 Å². The van der Waals surface area contributed by atoms with E-state index >= 15 is 0 Å². The molecule has 1 heterocycles. The number of thiophene rings is 1. The van der Waals surface area contributed by atoms with Crippen molar-refractivity contribution >= 4 is 22.2 Å². The molecule has 0 aliphatic rings. The number of nitrogen functional groups attached to an aromatic ring is 1. The summed E-state index contributed by atoms with van der Waals surface area (Å²) >= 11 is 1.45. The standard InChI is InChI=1S/C16H20N2OS/c1-2-6-13-11-20-15(17)14(13)16(19)18-10-9-12-7-4-3-5-8-12/h3-5,7-8,11H,2,6,9-10,17H2,1H3,(H,18,19). The summed E-state index contributed by atoms with van der Waals surface area (Å²) in [6.07, 6.45) is 2.75. The summed E-state index contributed by atoms with van der Waals surface area (Å²) in [6.45, 7) is 2.73. The molecule has 0 saturated carbocycles. The smallest absolute Gasteiger partial charge is 0.254 e. The summed E-state index contributed by atoms with van der Waals surface area (Å²) in [5.41, 5.74) is 8.87. The fourth-order valence-electron chi connectivity index (χ4n) is 2.18. The molecule has 0 atom stereocenters. The number of anilines is 1. The van der Waals surface area contributed by atoms with Crippen molar-refractivity contribution < 1.29 is 4.79 Å². The van der Waals surface area contributed by atoms with Gasteiger partial charge >= 0.3 is 0 Å². The maximum absolute atomic E-state index is 12.2. The van der Waals surface area contributed by atoms with Gasteiger partial charge in [-0.05, 0) is 29.3 Å². The molecule has 2 aromatic rings. The molecule has 0 aliphatic heterocycles. The summed E-state index contributed by atoms with van der Waals surface area (Å²) in [4.78, 5) is 12.2. The van der Waals surface area contributed by atoms with E-state index in [1.54, 1.807) is 0 Å². The predicted molar refractivity (Wildman–Crippen MR) is 85.2 cm³/mol. The first kappa shape index (κ1) is 14.6. The minimum Gasteiger partial charge on any atom is -0.390 e. The Labute approximate surface area is 123 Å². The number of aryl methyl sites for hydroxylation is 1. The van der Waals surface area contributed by atoms with Gasteiger partial charge in [0.1, 0.15) is 0 Å². The van der Waals surface area contributed by atoms with Crippen LogP contribution >= 0.6 is 11.3 Å². The normalized spacial score (nSPS) is 10.4. The van der Waals surface area contributed by atoms with Crippen molar-refractivity contribution in [2.24, 2.45) is 0 Å². The van der Waals surface area contributed by atoms with Crippen LogP contribution in [-0.2, 0) is 12.8 Å². The number of carbonyl (C=O) groups excluding carboxylic acids is 1. The predicted octanol–water partition coefficient (Wildman–Crippen LogP) is 3.26. The van der Waals surface area contributed by atoms with Crippen molar-refractivity contribution in [3.63, 3.8) is 0 Å². The van der Waals surface area contributed by atoms with Crippen molar-refractivity contribution in [2.75, 3.05) is 12.3 Å². The molecule has 1 aromatic carbocycles. The number of hydrogen-bond donors (Lipinski definition) is 2. The summed E-state index contributed by atoms with van der Waals surface area (Å²) in [5, 5.41) is 5.57. The monoisotopic (exact) mass is 288 g/mol. The van der Waals surface area contributed by atoms with Crippen LogP contribution in [0.15, 0.2) is 35.7 Å². The lowest BCUT2D eigenvalue weighted by molar-refractivity contribution is 0.0954. The zero-order chi connectivity index (χ0) is 14.4. The van der Waals surface area contributed by atoms with Gasteiger partial charge in [0, 0.05) is 6.54 Å². The van der Waals surface area contributed by atoms with Crippen LogP contribution in [0, 0.1) is 0 Å². The van der Waals surface area contributed by atoms with E-state index in [0.717, 1.165) is 24.8 Å². The van der Waals surface area contributed by atoms with Crippen LogP contribution < -0.4 is 11.1 Å².